The first-order valence-electron chi connectivity index (χ1n) is 3.16. The molecule has 0 aromatic carbocycles. The highest BCUT2D eigenvalue weighted by atomic mass is 79.9. The smallest absolute Gasteiger partial charge is 0.171 e. The Morgan fingerprint density at radius 3 is 2.10 bits per heavy atom. The summed E-state index contributed by atoms with van der Waals surface area (Å²) in [6.07, 6.45) is -3.32. The van der Waals surface area contributed by atoms with Crippen LogP contribution in [0.5, 0.6) is 0 Å². The van der Waals surface area contributed by atoms with Crippen LogP contribution in [0.1, 0.15) is 12.8 Å². The van der Waals surface area contributed by atoms with E-state index in [0.29, 0.717) is 18.2 Å². The van der Waals surface area contributed by atoms with Crippen molar-refractivity contribution in [1.29, 1.82) is 0 Å². The molecule has 0 spiro atoms. The molecule has 0 aliphatic heterocycles. The molecule has 0 aromatic rings. The summed E-state index contributed by atoms with van der Waals surface area (Å²) in [5, 5.41) is 0.708. The average Bonchev–Trinajstić information content (AvgIpc) is 1.57. The number of hydrogen-bond acceptors (Lipinski definition) is 0. The van der Waals surface area contributed by atoms with Gasteiger partial charge in [0.1, 0.15) is 0 Å². The molecule has 4 heteroatoms. The first-order chi connectivity index (χ1) is 4.54. The van der Waals surface area contributed by atoms with Crippen LogP contribution in [-0.2, 0) is 0 Å². The van der Waals surface area contributed by atoms with Gasteiger partial charge in [-0.3, -0.25) is 0 Å². The Bertz CT molecular complexity index is 115. The van der Waals surface area contributed by atoms with Gasteiger partial charge in [0, 0.05) is 5.33 Å². The summed E-state index contributed by atoms with van der Waals surface area (Å²) in [5.74, 6) is -0.762. The Morgan fingerprint density at radius 1 is 1.30 bits per heavy atom. The van der Waals surface area contributed by atoms with E-state index in [4.69, 9.17) is 0 Å². The maximum absolute atomic E-state index is 11.8. The molecule has 1 aliphatic rings. The standard InChI is InChI=1S/C6H8BrF3/c7-3-4-1-5(2-4)6(8,9)10/h4-5H,1-3H2. The third-order valence-corrected chi connectivity index (χ3v) is 2.83. The van der Waals surface area contributed by atoms with Gasteiger partial charge in [0.05, 0.1) is 5.92 Å². The minimum atomic E-state index is -3.95. The zero-order valence-electron chi connectivity index (χ0n) is 5.29. The molecule has 1 saturated carbocycles. The summed E-state index contributed by atoms with van der Waals surface area (Å²) in [4.78, 5) is 0. The maximum Gasteiger partial charge on any atom is 0.391 e. The fraction of sp³-hybridized carbons (Fsp3) is 1.00. The lowest BCUT2D eigenvalue weighted by atomic mass is 9.76. The molecule has 0 saturated heterocycles. The normalized spacial score (nSPS) is 33.6. The second-order valence-corrected chi connectivity index (χ2v) is 3.38. The minimum absolute atomic E-state index is 0.256. The third kappa shape index (κ3) is 1.65. The molecular formula is C6H8BrF3. The molecule has 0 atom stereocenters. The van der Waals surface area contributed by atoms with Crippen molar-refractivity contribution in [1.82, 2.24) is 0 Å². The predicted molar refractivity (Wildman–Crippen MR) is 36.1 cm³/mol. The van der Waals surface area contributed by atoms with Crippen LogP contribution in [0.3, 0.4) is 0 Å². The van der Waals surface area contributed by atoms with E-state index in [2.05, 4.69) is 15.9 Å². The quantitative estimate of drug-likeness (QED) is 0.592. The Hall–Kier alpha value is 0.270. The highest BCUT2D eigenvalue weighted by Crippen LogP contribution is 2.45. The fourth-order valence-electron chi connectivity index (χ4n) is 1.13. The summed E-state index contributed by atoms with van der Waals surface area (Å²) in [5.41, 5.74) is 0. The van der Waals surface area contributed by atoms with Crippen molar-refractivity contribution in [3.8, 4) is 0 Å². The van der Waals surface area contributed by atoms with Gasteiger partial charge >= 0.3 is 6.18 Å². The van der Waals surface area contributed by atoms with Crippen molar-refractivity contribution in [2.24, 2.45) is 11.8 Å². The summed E-state index contributed by atoms with van der Waals surface area (Å²) in [6.45, 7) is 0. The van der Waals surface area contributed by atoms with Crippen LogP contribution < -0.4 is 0 Å². The van der Waals surface area contributed by atoms with Crippen LogP contribution in [0.25, 0.3) is 0 Å². The van der Waals surface area contributed by atoms with Gasteiger partial charge in [-0.2, -0.15) is 13.2 Å². The summed E-state index contributed by atoms with van der Waals surface area (Å²) in [7, 11) is 0. The van der Waals surface area contributed by atoms with E-state index in [-0.39, 0.29) is 5.92 Å². The molecule has 0 unspecified atom stereocenters. The van der Waals surface area contributed by atoms with Crippen LogP contribution in [0.15, 0.2) is 0 Å². The van der Waals surface area contributed by atoms with Crippen LogP contribution in [-0.4, -0.2) is 11.5 Å². The second kappa shape index (κ2) is 2.72. The molecule has 60 valence electrons. The van der Waals surface area contributed by atoms with Gasteiger partial charge in [0.25, 0.3) is 0 Å². The average molecular weight is 217 g/mol. The van der Waals surface area contributed by atoms with E-state index in [9.17, 15) is 13.2 Å². The topological polar surface area (TPSA) is 0 Å². The van der Waals surface area contributed by atoms with Gasteiger partial charge in [0.15, 0.2) is 0 Å². The maximum atomic E-state index is 11.8. The lowest BCUT2D eigenvalue weighted by Gasteiger charge is -2.35. The molecule has 0 radical (unpaired) electrons. The molecule has 0 aromatic heterocycles. The van der Waals surface area contributed by atoms with Crippen molar-refractivity contribution >= 4 is 15.9 Å². The molecule has 10 heavy (non-hydrogen) atoms. The Kier molecular flexibility index (Phi) is 2.28. The number of halogens is 4. The van der Waals surface area contributed by atoms with Crippen molar-refractivity contribution in [2.45, 2.75) is 19.0 Å². The van der Waals surface area contributed by atoms with E-state index < -0.39 is 12.1 Å². The van der Waals surface area contributed by atoms with Gasteiger partial charge in [-0.25, -0.2) is 0 Å². The van der Waals surface area contributed by atoms with Crippen LogP contribution in [0.2, 0.25) is 0 Å². The van der Waals surface area contributed by atoms with Gasteiger partial charge in [-0.15, -0.1) is 0 Å². The van der Waals surface area contributed by atoms with E-state index in [1.165, 1.54) is 0 Å². The molecule has 0 N–H and O–H groups in total. The van der Waals surface area contributed by atoms with E-state index in [1.807, 2.05) is 0 Å². The van der Waals surface area contributed by atoms with Crippen molar-refractivity contribution < 1.29 is 13.2 Å². The third-order valence-electron chi connectivity index (χ3n) is 1.92. The minimum Gasteiger partial charge on any atom is -0.171 e. The van der Waals surface area contributed by atoms with Crippen molar-refractivity contribution in [3.63, 3.8) is 0 Å². The SMILES string of the molecule is FC(F)(F)C1CC(CBr)C1. The molecule has 1 aliphatic carbocycles. The number of rotatable bonds is 1. The van der Waals surface area contributed by atoms with Crippen LogP contribution >= 0.6 is 15.9 Å². The molecule has 0 bridgehead atoms. The van der Waals surface area contributed by atoms with Gasteiger partial charge < -0.3 is 0 Å². The zero-order chi connectivity index (χ0) is 7.78. The van der Waals surface area contributed by atoms with Crippen LogP contribution in [0, 0.1) is 11.8 Å². The first-order valence-corrected chi connectivity index (χ1v) is 4.29. The molecule has 1 fully saturated rings. The van der Waals surface area contributed by atoms with E-state index in [0.717, 1.165) is 0 Å². The highest BCUT2D eigenvalue weighted by molar-refractivity contribution is 9.09. The highest BCUT2D eigenvalue weighted by Gasteiger charge is 2.47. The molecule has 0 nitrogen and oxygen atoms in total. The summed E-state index contributed by atoms with van der Waals surface area (Å²) in [6, 6.07) is 0. The van der Waals surface area contributed by atoms with Gasteiger partial charge in [-0.1, -0.05) is 15.9 Å². The summed E-state index contributed by atoms with van der Waals surface area (Å²) < 4.78 is 35.4. The van der Waals surface area contributed by atoms with Gasteiger partial charge in [0.2, 0.25) is 0 Å². The molecule has 0 heterocycles. The fourth-order valence-corrected chi connectivity index (χ4v) is 1.66. The predicted octanol–water partition coefficient (Wildman–Crippen LogP) is 2.97. The zero-order valence-corrected chi connectivity index (χ0v) is 6.87. The lowest BCUT2D eigenvalue weighted by Crippen LogP contribution is -2.36. The Labute approximate surface area is 65.9 Å². The monoisotopic (exact) mass is 216 g/mol. The number of hydrogen-bond donors (Lipinski definition) is 0. The first kappa shape index (κ1) is 8.37. The molecular weight excluding hydrogens is 209 g/mol. The Morgan fingerprint density at radius 2 is 1.80 bits per heavy atom. The second-order valence-electron chi connectivity index (χ2n) is 2.73. The largest absolute Gasteiger partial charge is 0.391 e. The van der Waals surface area contributed by atoms with Crippen molar-refractivity contribution in [3.05, 3.63) is 0 Å². The van der Waals surface area contributed by atoms with E-state index in [1.54, 1.807) is 0 Å². The Balaban J connectivity index is 2.26. The number of alkyl halides is 4. The lowest BCUT2D eigenvalue weighted by molar-refractivity contribution is -0.202. The van der Waals surface area contributed by atoms with E-state index >= 15 is 0 Å². The summed E-state index contributed by atoms with van der Waals surface area (Å²) >= 11 is 3.15. The molecule has 0 amide bonds. The van der Waals surface area contributed by atoms with Gasteiger partial charge in [-0.05, 0) is 18.8 Å². The molecule has 1 rings (SSSR count). The van der Waals surface area contributed by atoms with Crippen LogP contribution in [0.4, 0.5) is 13.2 Å². The van der Waals surface area contributed by atoms with Crippen molar-refractivity contribution in [2.75, 3.05) is 5.33 Å².